The first-order chi connectivity index (χ1) is 40.4. The summed E-state index contributed by atoms with van der Waals surface area (Å²) in [6.07, 6.45) is 9.35. The number of methoxy groups -OCH3 is 1. The van der Waals surface area contributed by atoms with Crippen LogP contribution < -0.4 is 9.64 Å². The molecule has 3 aromatic rings. The lowest BCUT2D eigenvalue weighted by atomic mass is 9.75. The van der Waals surface area contributed by atoms with Crippen LogP contribution in [0.4, 0.5) is 11.4 Å². The molecule has 0 radical (unpaired) electrons. The molecule has 0 aliphatic carbocycles. The molecule has 2 amide bonds. The van der Waals surface area contributed by atoms with E-state index in [1.165, 1.54) is 12.1 Å². The standard InChI is InChI=1S/C59H75N3O20S3/c1-58(2)42-45(21-25-76-28-29-78-32-33-80-35-34-79-31-30-77-27-26-75-4)47-40-48-44(38-52(43-12-6-5-7-13-43)81-53(48)41-51(47)61(58)24-11-37-84(69,70)71)14-8-15-54-59(3,22-9-16-57(65)82-62-55(63)19-20-56(62)64)49-39-46(85(72,73)74)17-18-50(49)60(54)23-10-36-83(66,67)68/h5-8,12-15,17-18,38-42H,9-11,16,19-37H2,1-4H3,(H2-,66,67,68,69,70,71,72,73,74)/p-2. The van der Waals surface area contributed by atoms with Crippen molar-refractivity contribution in [2.75, 3.05) is 109 Å². The molecule has 85 heavy (non-hydrogen) atoms. The molecule has 1 fully saturated rings. The first kappa shape index (κ1) is 66.5. The van der Waals surface area contributed by atoms with Crippen molar-refractivity contribution in [1.82, 2.24) is 5.06 Å². The number of anilines is 1. The molecule has 23 nitrogen and oxygen atoms in total. The number of ether oxygens (including phenoxy) is 7. The molecular weight excluding hydrogens is 1170 g/mol. The van der Waals surface area contributed by atoms with Crippen molar-refractivity contribution < 1.29 is 95.9 Å². The van der Waals surface area contributed by atoms with Gasteiger partial charge in [-0.2, -0.15) is 4.58 Å². The van der Waals surface area contributed by atoms with Gasteiger partial charge in [0, 0.05) is 97.0 Å². The Morgan fingerprint density at radius 3 is 1.93 bits per heavy atom. The zero-order valence-electron chi connectivity index (χ0n) is 48.2. The molecule has 4 heterocycles. The molecule has 3 aromatic carbocycles. The second-order valence-corrected chi connectivity index (χ2v) is 25.7. The quantitative estimate of drug-likeness (QED) is 0.0292. The number of amides is 2. The number of allylic oxidation sites excluding steroid dienone is 5. The topological polar surface area (TPSA) is 306 Å². The van der Waals surface area contributed by atoms with Gasteiger partial charge < -0.3 is 56.6 Å². The summed E-state index contributed by atoms with van der Waals surface area (Å²) < 4.78 is 150. The van der Waals surface area contributed by atoms with Crippen LogP contribution in [0.2, 0.25) is 0 Å². The number of imide groups is 1. The highest BCUT2D eigenvalue weighted by atomic mass is 32.2. The third kappa shape index (κ3) is 18.7. The summed E-state index contributed by atoms with van der Waals surface area (Å²) >= 11 is 0. The van der Waals surface area contributed by atoms with Crippen molar-refractivity contribution in [2.45, 2.75) is 88.0 Å². The molecule has 464 valence electrons. The summed E-state index contributed by atoms with van der Waals surface area (Å²) in [5.41, 5.74) is 3.91. The van der Waals surface area contributed by atoms with Crippen LogP contribution in [0.15, 0.2) is 95.9 Å². The maximum Gasteiger partial charge on any atom is 0.333 e. The lowest BCUT2D eigenvalue weighted by Crippen LogP contribution is -2.46. The van der Waals surface area contributed by atoms with E-state index in [0.717, 1.165) is 28.5 Å². The Morgan fingerprint density at radius 1 is 0.729 bits per heavy atom. The fourth-order valence-corrected chi connectivity index (χ4v) is 12.0. The summed E-state index contributed by atoms with van der Waals surface area (Å²) in [6, 6.07) is 17.1. The summed E-state index contributed by atoms with van der Waals surface area (Å²) in [4.78, 5) is 44.2. The van der Waals surface area contributed by atoms with Gasteiger partial charge in [-0.3, -0.25) is 9.59 Å². The summed E-state index contributed by atoms with van der Waals surface area (Å²) in [6.45, 7) is 10.4. The molecule has 0 spiro atoms. The molecule has 26 heteroatoms. The Labute approximate surface area is 497 Å². The van der Waals surface area contributed by atoms with Crippen LogP contribution in [0.3, 0.4) is 0 Å². The number of rotatable bonds is 35. The Kier molecular flexibility index (Phi) is 23.5. The van der Waals surface area contributed by atoms with E-state index in [1.807, 2.05) is 73.4 Å². The molecule has 0 aromatic heterocycles. The van der Waals surface area contributed by atoms with E-state index in [0.29, 0.717) is 124 Å². The van der Waals surface area contributed by atoms with Gasteiger partial charge >= 0.3 is 5.97 Å². The van der Waals surface area contributed by atoms with Gasteiger partial charge in [-0.25, -0.2) is 30.0 Å². The Morgan fingerprint density at radius 2 is 1.33 bits per heavy atom. The number of hydrogen-bond donors (Lipinski definition) is 0. The van der Waals surface area contributed by atoms with E-state index in [9.17, 15) is 53.3 Å². The van der Waals surface area contributed by atoms with Crippen molar-refractivity contribution in [3.8, 4) is 5.75 Å². The third-order valence-electron chi connectivity index (χ3n) is 14.6. The normalized spacial score (nSPS) is 18.2. The number of nitrogens with zero attached hydrogens (tertiary/aromatic N) is 3. The van der Waals surface area contributed by atoms with Crippen molar-refractivity contribution in [2.24, 2.45) is 0 Å². The van der Waals surface area contributed by atoms with Crippen LogP contribution in [0, 0.1) is 0 Å². The van der Waals surface area contributed by atoms with Crippen molar-refractivity contribution >= 4 is 82.1 Å². The van der Waals surface area contributed by atoms with E-state index in [2.05, 4.69) is 6.08 Å². The Hall–Kier alpha value is -6.01. The van der Waals surface area contributed by atoms with Gasteiger partial charge in [-0.05, 0) is 81.9 Å². The number of hydrogen-bond acceptors (Lipinski definition) is 21. The number of carbonyl (C=O) groups is 3. The molecule has 7 rings (SSSR count). The molecular formula is C59H73N3O20S3-2. The second kappa shape index (κ2) is 30.1. The van der Waals surface area contributed by atoms with Gasteiger partial charge in [0.1, 0.15) is 28.2 Å². The van der Waals surface area contributed by atoms with Crippen LogP contribution in [0.25, 0.3) is 16.9 Å². The van der Waals surface area contributed by atoms with E-state index in [-0.39, 0.29) is 58.0 Å². The van der Waals surface area contributed by atoms with Crippen LogP contribution >= 0.6 is 0 Å². The van der Waals surface area contributed by atoms with Crippen LogP contribution in [0.1, 0.15) is 94.4 Å². The molecule has 0 bridgehead atoms. The van der Waals surface area contributed by atoms with E-state index < -0.39 is 75.5 Å². The van der Waals surface area contributed by atoms with Gasteiger partial charge in [0.2, 0.25) is 5.69 Å². The lowest BCUT2D eigenvalue weighted by molar-refractivity contribution is -0.437. The maximum absolute atomic E-state index is 13.1. The highest BCUT2D eigenvalue weighted by molar-refractivity contribution is 7.86. The zero-order chi connectivity index (χ0) is 61.4. The monoisotopic (exact) mass is 1240 g/mol. The number of fused-ring (bicyclic) bond motifs is 3. The highest BCUT2D eigenvalue weighted by Gasteiger charge is 2.48. The minimum Gasteiger partial charge on any atom is -0.748 e. The summed E-state index contributed by atoms with van der Waals surface area (Å²) in [7, 11) is -12.6. The van der Waals surface area contributed by atoms with E-state index in [1.54, 1.807) is 30.8 Å². The average molecular weight is 1240 g/mol. The molecule has 4 aliphatic rings. The van der Waals surface area contributed by atoms with E-state index >= 15 is 0 Å². The minimum atomic E-state index is -5.00. The molecule has 4 aliphatic heterocycles. The zero-order valence-corrected chi connectivity index (χ0v) is 50.6. The first-order valence-electron chi connectivity index (χ1n) is 28.0. The SMILES string of the molecule is COCCOCCOCCOCCOCCOCCC1=CC(C)(C)N(CCCS(=O)(=O)[O-])c2cc3c(cc21)/C(=C/C=C/C1=[N+](CCCS(=O)(=O)[O-])c2ccc(S(=O)(=O)[O-])cc2C1(C)CCCC(=O)ON1C(=O)CCC1=O)C=C(c1ccccc1)O3. The summed E-state index contributed by atoms with van der Waals surface area (Å²) in [5.74, 6) is -2.53. The molecule has 1 saturated heterocycles. The molecule has 1 atom stereocenters. The molecule has 1 unspecified atom stereocenters. The fourth-order valence-electron chi connectivity index (χ4n) is 10.5. The second-order valence-electron chi connectivity index (χ2n) is 21.2. The lowest BCUT2D eigenvalue weighted by Gasteiger charge is -2.44. The van der Waals surface area contributed by atoms with Crippen molar-refractivity contribution in [3.63, 3.8) is 0 Å². The fraction of sp³-hybridized carbons (Fsp3) is 0.492. The van der Waals surface area contributed by atoms with Gasteiger partial charge in [0.05, 0.1) is 109 Å². The number of carbonyl (C=O) groups excluding carboxylic acids is 3. The first-order valence-corrected chi connectivity index (χ1v) is 32.5. The Bertz CT molecular complexity index is 3380. The Balaban J connectivity index is 1.19. The summed E-state index contributed by atoms with van der Waals surface area (Å²) in [5, 5.41) is 0.443. The number of hydroxylamine groups is 2. The average Bonchev–Trinajstić information content (AvgIpc) is 1.77. The maximum atomic E-state index is 13.1. The van der Waals surface area contributed by atoms with Crippen LogP contribution in [0.5, 0.6) is 5.75 Å². The van der Waals surface area contributed by atoms with Gasteiger partial charge in [0.15, 0.2) is 5.71 Å². The van der Waals surface area contributed by atoms with Crippen molar-refractivity contribution in [1.29, 1.82) is 0 Å². The van der Waals surface area contributed by atoms with Gasteiger partial charge in [0.25, 0.3) is 11.8 Å². The minimum absolute atomic E-state index is 0.0372. The number of benzene rings is 3. The predicted molar refractivity (Wildman–Crippen MR) is 310 cm³/mol. The van der Waals surface area contributed by atoms with Crippen LogP contribution in [-0.4, -0.2) is 182 Å². The van der Waals surface area contributed by atoms with Gasteiger partial charge in [-0.1, -0.05) is 48.6 Å². The molecule has 0 N–H and O–H groups in total. The highest BCUT2D eigenvalue weighted by Crippen LogP contribution is 2.48. The van der Waals surface area contributed by atoms with E-state index in [4.69, 9.17) is 38.0 Å². The van der Waals surface area contributed by atoms with Gasteiger partial charge in [-0.15, -0.1) is 5.06 Å². The predicted octanol–water partition coefficient (Wildman–Crippen LogP) is 5.77. The van der Waals surface area contributed by atoms with Crippen molar-refractivity contribution in [3.05, 3.63) is 113 Å². The smallest absolute Gasteiger partial charge is 0.333 e. The largest absolute Gasteiger partial charge is 0.748 e. The third-order valence-corrected chi connectivity index (χ3v) is 17.0. The molecule has 0 saturated carbocycles. The van der Waals surface area contributed by atoms with Crippen LogP contribution in [-0.2, 0) is 83.4 Å².